The molecule has 2 fully saturated rings. The fourth-order valence-electron chi connectivity index (χ4n) is 5.06. The summed E-state index contributed by atoms with van der Waals surface area (Å²) in [5.41, 5.74) is 1.54. The van der Waals surface area contributed by atoms with Gasteiger partial charge in [0.25, 0.3) is 0 Å². The highest BCUT2D eigenvalue weighted by Gasteiger charge is 2.29. The van der Waals surface area contributed by atoms with Crippen molar-refractivity contribution < 1.29 is 13.9 Å². The number of carbonyl (C=O) groups is 1. The van der Waals surface area contributed by atoms with Gasteiger partial charge >= 0.3 is 0 Å². The molecule has 2 saturated heterocycles. The predicted molar refractivity (Wildman–Crippen MR) is 127 cm³/mol. The van der Waals surface area contributed by atoms with Gasteiger partial charge in [0.1, 0.15) is 11.6 Å². The first-order valence-electron chi connectivity index (χ1n) is 11.8. The molecule has 0 bridgehead atoms. The van der Waals surface area contributed by atoms with Crippen molar-refractivity contribution in [1.29, 1.82) is 0 Å². The number of halogens is 1. The van der Waals surface area contributed by atoms with Crippen LogP contribution in [-0.4, -0.2) is 50.1 Å². The number of ether oxygens (including phenoxy) is 1. The number of anilines is 2. The molecule has 2 aromatic rings. The zero-order chi connectivity index (χ0) is 22.3. The first-order chi connectivity index (χ1) is 15.6. The van der Waals surface area contributed by atoms with Crippen molar-refractivity contribution in [3.05, 3.63) is 54.3 Å². The van der Waals surface area contributed by atoms with Crippen LogP contribution in [0.2, 0.25) is 0 Å². The van der Waals surface area contributed by atoms with E-state index in [1.54, 1.807) is 25.3 Å². The maximum atomic E-state index is 13.7. The highest BCUT2D eigenvalue weighted by molar-refractivity contribution is 5.90. The summed E-state index contributed by atoms with van der Waals surface area (Å²) in [5.74, 6) is 0.950. The van der Waals surface area contributed by atoms with Gasteiger partial charge in [-0.2, -0.15) is 0 Å². The number of carbonyl (C=O) groups excluding carboxylic acids is 1. The van der Waals surface area contributed by atoms with E-state index in [1.165, 1.54) is 37.4 Å². The Morgan fingerprint density at radius 1 is 1.06 bits per heavy atom. The van der Waals surface area contributed by atoms with Crippen molar-refractivity contribution in [2.45, 2.75) is 44.6 Å². The van der Waals surface area contributed by atoms with Crippen LogP contribution in [0.15, 0.2) is 48.5 Å². The number of nitrogens with one attached hydrogen (secondary N) is 1. The van der Waals surface area contributed by atoms with E-state index in [2.05, 4.69) is 27.2 Å². The molecule has 1 amide bonds. The number of benzene rings is 2. The third kappa shape index (κ3) is 5.80. The Labute approximate surface area is 190 Å². The van der Waals surface area contributed by atoms with Crippen molar-refractivity contribution >= 4 is 17.3 Å². The van der Waals surface area contributed by atoms with Crippen molar-refractivity contribution in [2.24, 2.45) is 5.92 Å². The van der Waals surface area contributed by atoms with Gasteiger partial charge in [0.05, 0.1) is 12.8 Å². The number of rotatable bonds is 7. The van der Waals surface area contributed by atoms with Crippen molar-refractivity contribution in [1.82, 2.24) is 4.90 Å². The summed E-state index contributed by atoms with van der Waals surface area (Å²) in [6.45, 7) is 4.37. The summed E-state index contributed by atoms with van der Waals surface area (Å²) in [4.78, 5) is 17.4. The Balaban J connectivity index is 1.22. The van der Waals surface area contributed by atoms with Crippen LogP contribution in [-0.2, 0) is 4.79 Å². The lowest BCUT2D eigenvalue weighted by molar-refractivity contribution is -0.116. The van der Waals surface area contributed by atoms with Crippen LogP contribution >= 0.6 is 0 Å². The molecule has 5 nitrogen and oxygen atoms in total. The first-order valence-corrected chi connectivity index (χ1v) is 11.8. The Morgan fingerprint density at radius 3 is 2.53 bits per heavy atom. The number of para-hydroxylation sites is 1. The number of nitrogens with zero attached hydrogens (tertiary/aromatic N) is 2. The predicted octanol–water partition coefficient (Wildman–Crippen LogP) is 4.93. The van der Waals surface area contributed by atoms with Crippen LogP contribution in [0.3, 0.4) is 0 Å². The SMILES string of the molecule is COc1ccc(N2CCC(N3CCC[C@H](CCC(=O)Nc4ccccc4F)C3)CC2)cc1. The van der Waals surface area contributed by atoms with Gasteiger partial charge in [-0.25, -0.2) is 4.39 Å². The molecule has 0 unspecified atom stereocenters. The zero-order valence-electron chi connectivity index (χ0n) is 18.9. The minimum atomic E-state index is -0.384. The summed E-state index contributed by atoms with van der Waals surface area (Å²) < 4.78 is 19.0. The van der Waals surface area contributed by atoms with Crippen molar-refractivity contribution in [2.75, 3.05) is 43.5 Å². The van der Waals surface area contributed by atoms with E-state index in [1.807, 2.05) is 12.1 Å². The molecule has 2 aliphatic heterocycles. The van der Waals surface area contributed by atoms with Gasteiger partial charge in [0.15, 0.2) is 0 Å². The number of hydrogen-bond donors (Lipinski definition) is 1. The van der Waals surface area contributed by atoms with Gasteiger partial charge in [0.2, 0.25) is 5.91 Å². The lowest BCUT2D eigenvalue weighted by Crippen LogP contribution is -2.48. The molecule has 32 heavy (non-hydrogen) atoms. The van der Waals surface area contributed by atoms with E-state index in [-0.39, 0.29) is 17.4 Å². The molecule has 0 saturated carbocycles. The zero-order valence-corrected chi connectivity index (χ0v) is 18.9. The summed E-state index contributed by atoms with van der Waals surface area (Å²) >= 11 is 0. The highest BCUT2D eigenvalue weighted by Crippen LogP contribution is 2.29. The van der Waals surface area contributed by atoms with Gasteiger partial charge in [-0.05, 0) is 81.0 Å². The van der Waals surface area contributed by atoms with Crippen LogP contribution in [0.4, 0.5) is 15.8 Å². The Morgan fingerprint density at radius 2 is 1.81 bits per heavy atom. The maximum Gasteiger partial charge on any atom is 0.224 e. The second-order valence-electron chi connectivity index (χ2n) is 8.99. The van der Waals surface area contributed by atoms with Crippen LogP contribution in [0.25, 0.3) is 0 Å². The van der Waals surface area contributed by atoms with E-state index in [0.717, 1.165) is 38.3 Å². The van der Waals surface area contributed by atoms with E-state index < -0.39 is 0 Å². The molecule has 172 valence electrons. The average Bonchev–Trinajstić information content (AvgIpc) is 2.84. The summed E-state index contributed by atoms with van der Waals surface area (Å²) in [7, 11) is 1.70. The smallest absolute Gasteiger partial charge is 0.224 e. The molecular formula is C26H34FN3O2. The van der Waals surface area contributed by atoms with Crippen LogP contribution in [0, 0.1) is 11.7 Å². The molecule has 2 heterocycles. The molecule has 2 aliphatic rings. The first kappa shape index (κ1) is 22.6. The lowest BCUT2D eigenvalue weighted by Gasteiger charge is -2.43. The summed E-state index contributed by atoms with van der Waals surface area (Å²) in [6.07, 6.45) is 6.02. The topological polar surface area (TPSA) is 44.8 Å². The summed E-state index contributed by atoms with van der Waals surface area (Å²) in [5, 5.41) is 2.71. The maximum absolute atomic E-state index is 13.7. The van der Waals surface area contributed by atoms with Crippen molar-refractivity contribution in [3.8, 4) is 5.75 Å². The van der Waals surface area contributed by atoms with E-state index in [9.17, 15) is 9.18 Å². The number of likely N-dealkylation sites (tertiary alicyclic amines) is 1. The molecule has 0 radical (unpaired) electrons. The van der Waals surface area contributed by atoms with Crippen LogP contribution in [0.1, 0.15) is 38.5 Å². The summed E-state index contributed by atoms with van der Waals surface area (Å²) in [6, 6.07) is 15.3. The second-order valence-corrected chi connectivity index (χ2v) is 8.99. The average molecular weight is 440 g/mol. The van der Waals surface area contributed by atoms with Crippen LogP contribution < -0.4 is 15.0 Å². The monoisotopic (exact) mass is 439 g/mol. The second kappa shape index (κ2) is 10.8. The molecule has 0 spiro atoms. The minimum Gasteiger partial charge on any atom is -0.497 e. The molecule has 1 N–H and O–H groups in total. The third-order valence-corrected chi connectivity index (χ3v) is 6.90. The van der Waals surface area contributed by atoms with Crippen LogP contribution in [0.5, 0.6) is 5.75 Å². The van der Waals surface area contributed by atoms with E-state index >= 15 is 0 Å². The fourth-order valence-corrected chi connectivity index (χ4v) is 5.06. The quantitative estimate of drug-likeness (QED) is 0.664. The molecule has 2 aromatic carbocycles. The molecular weight excluding hydrogens is 405 g/mol. The van der Waals surface area contributed by atoms with Gasteiger partial charge < -0.3 is 15.0 Å². The number of hydrogen-bond acceptors (Lipinski definition) is 4. The fraction of sp³-hybridized carbons (Fsp3) is 0.500. The lowest BCUT2D eigenvalue weighted by atomic mass is 9.90. The standard InChI is InChI=1S/C26H34FN3O2/c1-32-23-11-9-21(10-12-23)29-17-14-22(15-18-29)30-16-4-5-20(19-30)8-13-26(31)28-25-7-3-2-6-24(25)27/h2-3,6-7,9-12,20,22H,4-5,8,13-19H2,1H3,(H,28,31)/t20-/m1/s1. The normalized spacial score (nSPS) is 20.2. The third-order valence-electron chi connectivity index (χ3n) is 6.90. The van der Waals surface area contributed by atoms with Crippen molar-refractivity contribution in [3.63, 3.8) is 0 Å². The number of piperidine rings is 2. The molecule has 1 atom stereocenters. The number of amides is 1. The Kier molecular flexibility index (Phi) is 7.63. The van der Waals surface area contributed by atoms with Gasteiger partial charge in [0, 0.05) is 37.8 Å². The van der Waals surface area contributed by atoms with Gasteiger partial charge in [-0.15, -0.1) is 0 Å². The molecule has 4 rings (SSSR count). The molecule has 0 aliphatic carbocycles. The van der Waals surface area contributed by atoms with Gasteiger partial charge in [-0.3, -0.25) is 9.69 Å². The van der Waals surface area contributed by atoms with E-state index in [0.29, 0.717) is 18.4 Å². The largest absolute Gasteiger partial charge is 0.497 e. The Hall–Kier alpha value is -2.60. The molecule has 6 heteroatoms. The highest BCUT2D eigenvalue weighted by atomic mass is 19.1. The molecule has 0 aromatic heterocycles. The number of methoxy groups -OCH3 is 1. The Bertz CT molecular complexity index is 881. The minimum absolute atomic E-state index is 0.0972. The van der Waals surface area contributed by atoms with E-state index in [4.69, 9.17) is 4.74 Å². The van der Waals surface area contributed by atoms with Gasteiger partial charge in [-0.1, -0.05) is 12.1 Å².